The van der Waals surface area contributed by atoms with Crippen LogP contribution in [0.25, 0.3) is 0 Å². The van der Waals surface area contributed by atoms with E-state index >= 15 is 0 Å². The van der Waals surface area contributed by atoms with Gasteiger partial charge in [0.25, 0.3) is 5.88 Å². The number of rotatable bonds is 3. The van der Waals surface area contributed by atoms with E-state index in [4.69, 9.17) is 39.6 Å². The van der Waals surface area contributed by atoms with Gasteiger partial charge in [-0.2, -0.15) is 4.98 Å². The molecule has 0 bridgehead atoms. The average molecular weight is 303 g/mol. The largest absolute Gasteiger partial charge is 0.336 e. The zero-order valence-electron chi connectivity index (χ0n) is 8.85. The number of hydrogen-bond donors (Lipinski definition) is 0. The van der Waals surface area contributed by atoms with Crippen LogP contribution in [-0.2, 0) is 0 Å². The highest BCUT2D eigenvalue weighted by atomic mass is 35.5. The molecule has 92 valence electrons. The predicted octanol–water partition coefficient (Wildman–Crippen LogP) is 3.85. The third-order valence-electron chi connectivity index (χ3n) is 1.84. The molecule has 0 fully saturated rings. The van der Waals surface area contributed by atoms with E-state index in [1.165, 1.54) is 12.3 Å². The van der Waals surface area contributed by atoms with Crippen molar-refractivity contribution in [2.75, 3.05) is 0 Å². The van der Waals surface area contributed by atoms with Gasteiger partial charge in [-0.15, -0.1) is 0 Å². The molecule has 1 heterocycles. The second-order valence-electron chi connectivity index (χ2n) is 3.18. The summed E-state index contributed by atoms with van der Waals surface area (Å²) in [5, 5.41) is 4.54. The third-order valence-corrected chi connectivity index (χ3v) is 2.44. The smallest absolute Gasteiger partial charge is 0.254 e. The molecule has 1 aromatic carbocycles. The molecule has 0 aliphatic carbocycles. The molecule has 2 aromatic rings. The van der Waals surface area contributed by atoms with E-state index in [0.717, 1.165) is 5.56 Å². The van der Waals surface area contributed by atoms with Gasteiger partial charge in [-0.05, 0) is 29.3 Å². The minimum Gasteiger partial charge on any atom is -0.336 e. The molecule has 0 spiro atoms. The van der Waals surface area contributed by atoms with E-state index in [1.54, 1.807) is 12.1 Å². The van der Waals surface area contributed by atoms with Crippen LogP contribution in [-0.4, -0.2) is 16.2 Å². The molecule has 0 aliphatic rings. The van der Waals surface area contributed by atoms with E-state index in [-0.39, 0.29) is 16.3 Å². The second-order valence-corrected chi connectivity index (χ2v) is 4.34. The van der Waals surface area contributed by atoms with Gasteiger partial charge < -0.3 is 4.84 Å². The van der Waals surface area contributed by atoms with Crippen molar-refractivity contribution in [3.63, 3.8) is 0 Å². The van der Waals surface area contributed by atoms with Gasteiger partial charge in [0, 0.05) is 11.1 Å². The topological polar surface area (TPSA) is 47.4 Å². The van der Waals surface area contributed by atoms with Gasteiger partial charge in [0.05, 0.1) is 6.21 Å². The van der Waals surface area contributed by atoms with Gasteiger partial charge >= 0.3 is 0 Å². The summed E-state index contributed by atoms with van der Waals surface area (Å²) in [6.45, 7) is 0. The summed E-state index contributed by atoms with van der Waals surface area (Å²) in [4.78, 5) is 12.5. The monoisotopic (exact) mass is 301 g/mol. The first-order valence-corrected chi connectivity index (χ1v) is 5.93. The Balaban J connectivity index is 2.07. The maximum Gasteiger partial charge on any atom is 0.254 e. The quantitative estimate of drug-likeness (QED) is 0.374. The van der Waals surface area contributed by atoms with Crippen LogP contribution in [0.3, 0.4) is 0 Å². The van der Waals surface area contributed by atoms with Crippen molar-refractivity contribution in [3.05, 3.63) is 51.4 Å². The Kier molecular flexibility index (Phi) is 4.36. The molecule has 0 saturated carbocycles. The zero-order valence-corrected chi connectivity index (χ0v) is 11.1. The predicted molar refractivity (Wildman–Crippen MR) is 71.7 cm³/mol. The maximum absolute atomic E-state index is 5.82. The van der Waals surface area contributed by atoms with Gasteiger partial charge in [-0.1, -0.05) is 40.5 Å². The number of halogens is 3. The van der Waals surface area contributed by atoms with E-state index in [1.807, 2.05) is 12.1 Å². The highest BCUT2D eigenvalue weighted by molar-refractivity contribution is 6.32. The van der Waals surface area contributed by atoms with Crippen LogP contribution < -0.4 is 4.84 Å². The van der Waals surface area contributed by atoms with Crippen molar-refractivity contribution in [3.8, 4) is 5.88 Å². The SMILES string of the molecule is Clc1cccc(/C=N/Oc2cc(Cl)nc(Cl)n2)c1. The first-order valence-electron chi connectivity index (χ1n) is 4.79. The molecule has 0 saturated heterocycles. The molecule has 4 nitrogen and oxygen atoms in total. The summed E-state index contributed by atoms with van der Waals surface area (Å²) in [7, 11) is 0. The highest BCUT2D eigenvalue weighted by Crippen LogP contribution is 2.16. The third kappa shape index (κ3) is 3.84. The van der Waals surface area contributed by atoms with Crippen molar-refractivity contribution in [2.45, 2.75) is 0 Å². The number of aromatic nitrogens is 2. The molecule has 0 unspecified atom stereocenters. The van der Waals surface area contributed by atoms with Crippen molar-refractivity contribution < 1.29 is 4.84 Å². The van der Waals surface area contributed by atoms with Crippen molar-refractivity contribution >= 4 is 41.0 Å². The fourth-order valence-corrected chi connectivity index (χ4v) is 1.74. The van der Waals surface area contributed by atoms with E-state index in [9.17, 15) is 0 Å². The number of benzene rings is 1. The van der Waals surface area contributed by atoms with Crippen molar-refractivity contribution in [2.24, 2.45) is 5.16 Å². The highest BCUT2D eigenvalue weighted by Gasteiger charge is 2.01. The maximum atomic E-state index is 5.82. The van der Waals surface area contributed by atoms with E-state index in [2.05, 4.69) is 15.1 Å². The normalized spacial score (nSPS) is 10.8. The van der Waals surface area contributed by atoms with Crippen LogP contribution in [0.2, 0.25) is 15.5 Å². The molecular weight excluding hydrogens is 296 g/mol. The second kappa shape index (κ2) is 6.00. The molecule has 7 heteroatoms. The fraction of sp³-hybridized carbons (Fsp3) is 0. The van der Waals surface area contributed by atoms with Crippen LogP contribution >= 0.6 is 34.8 Å². The lowest BCUT2D eigenvalue weighted by atomic mass is 10.2. The summed E-state index contributed by atoms with van der Waals surface area (Å²) in [5.74, 6) is 0.165. The molecule has 18 heavy (non-hydrogen) atoms. The van der Waals surface area contributed by atoms with E-state index < -0.39 is 0 Å². The van der Waals surface area contributed by atoms with Crippen LogP contribution in [0.15, 0.2) is 35.5 Å². The van der Waals surface area contributed by atoms with Crippen LogP contribution in [0.5, 0.6) is 5.88 Å². The summed E-state index contributed by atoms with van der Waals surface area (Å²) in [6, 6.07) is 8.56. The van der Waals surface area contributed by atoms with Gasteiger partial charge in [0.2, 0.25) is 5.28 Å². The van der Waals surface area contributed by atoms with Gasteiger partial charge in [-0.25, -0.2) is 4.98 Å². The van der Waals surface area contributed by atoms with Crippen LogP contribution in [0, 0.1) is 0 Å². The Morgan fingerprint density at radius 2 is 1.94 bits per heavy atom. The van der Waals surface area contributed by atoms with Crippen LogP contribution in [0.4, 0.5) is 0 Å². The van der Waals surface area contributed by atoms with Crippen molar-refractivity contribution in [1.29, 1.82) is 0 Å². The minimum absolute atomic E-state index is 0.00421. The van der Waals surface area contributed by atoms with Crippen LogP contribution in [0.1, 0.15) is 5.56 Å². The van der Waals surface area contributed by atoms with Gasteiger partial charge in [-0.3, -0.25) is 0 Å². The molecule has 2 rings (SSSR count). The fourth-order valence-electron chi connectivity index (χ4n) is 1.15. The molecule has 0 radical (unpaired) electrons. The molecule has 0 amide bonds. The number of hydrogen-bond acceptors (Lipinski definition) is 4. The summed E-state index contributed by atoms with van der Waals surface area (Å²) in [6.07, 6.45) is 1.50. The molecule has 1 aromatic heterocycles. The minimum atomic E-state index is -0.00421. The zero-order chi connectivity index (χ0) is 13.0. The Morgan fingerprint density at radius 3 is 2.67 bits per heavy atom. The number of nitrogens with zero attached hydrogens (tertiary/aromatic N) is 3. The molecule has 0 atom stereocenters. The standard InChI is InChI=1S/C11H6Cl3N3O/c12-8-3-1-2-7(4-8)6-15-18-10-5-9(13)16-11(14)17-10/h1-6H/b15-6+. The lowest BCUT2D eigenvalue weighted by molar-refractivity contribution is 0.329. The lowest BCUT2D eigenvalue weighted by Gasteiger charge is -1.98. The molecule has 0 N–H and O–H groups in total. The lowest BCUT2D eigenvalue weighted by Crippen LogP contribution is -1.91. The Labute approximate surface area is 118 Å². The Bertz CT molecular complexity index is 569. The Morgan fingerprint density at radius 1 is 1.11 bits per heavy atom. The van der Waals surface area contributed by atoms with E-state index in [0.29, 0.717) is 5.02 Å². The number of oxime groups is 1. The van der Waals surface area contributed by atoms with Gasteiger partial charge in [0.15, 0.2) is 0 Å². The Hall–Kier alpha value is -1.36. The first-order chi connectivity index (χ1) is 8.63. The first kappa shape index (κ1) is 13.1. The van der Waals surface area contributed by atoms with Crippen molar-refractivity contribution in [1.82, 2.24) is 9.97 Å². The molecular formula is C11H6Cl3N3O. The van der Waals surface area contributed by atoms with Gasteiger partial charge in [0.1, 0.15) is 5.15 Å². The summed E-state index contributed by atoms with van der Waals surface area (Å²) in [5.41, 5.74) is 0.800. The average Bonchev–Trinajstić information content (AvgIpc) is 2.27. The summed E-state index contributed by atoms with van der Waals surface area (Å²) < 4.78 is 0. The summed E-state index contributed by atoms with van der Waals surface area (Å²) >= 11 is 17.1. The molecule has 0 aliphatic heterocycles.